The molecule has 0 bridgehead atoms. The molecule has 0 amide bonds. The van der Waals surface area contributed by atoms with Crippen molar-refractivity contribution in [2.24, 2.45) is 0 Å². The van der Waals surface area contributed by atoms with Crippen LogP contribution in [0.2, 0.25) is 0 Å². The molecule has 0 spiro atoms. The minimum Gasteiger partial charge on any atom is -0.379 e. The molecule has 18 heavy (non-hydrogen) atoms. The molecule has 0 atom stereocenters. The van der Waals surface area contributed by atoms with Crippen LogP contribution in [0.3, 0.4) is 0 Å². The van der Waals surface area contributed by atoms with Crippen LogP contribution in [0.4, 0.5) is 0 Å². The molecule has 1 aliphatic rings. The van der Waals surface area contributed by atoms with E-state index in [1.54, 1.807) is 0 Å². The van der Waals surface area contributed by atoms with E-state index in [9.17, 15) is 0 Å². The van der Waals surface area contributed by atoms with E-state index >= 15 is 0 Å². The van der Waals surface area contributed by atoms with Crippen molar-refractivity contribution >= 4 is 0 Å². The minimum absolute atomic E-state index is 0.138. The summed E-state index contributed by atoms with van der Waals surface area (Å²) < 4.78 is 22.7. The standard InChI is InChI=1S/C14H28O4/c1-13(2)5-7-15-9-10-16-11-12-18-14(3,4)6-8-17-13/h5-12H2,1-4H3. The normalized spacial score (nSPS) is 27.3. The molecule has 0 radical (unpaired) electrons. The van der Waals surface area contributed by atoms with Crippen LogP contribution < -0.4 is 0 Å². The van der Waals surface area contributed by atoms with Gasteiger partial charge in [0.2, 0.25) is 0 Å². The third kappa shape index (κ3) is 7.31. The summed E-state index contributed by atoms with van der Waals surface area (Å²) in [5, 5.41) is 0. The molecule has 0 aromatic carbocycles. The molecule has 1 fully saturated rings. The highest BCUT2D eigenvalue weighted by Crippen LogP contribution is 2.19. The summed E-state index contributed by atoms with van der Waals surface area (Å²) in [5.74, 6) is 0. The van der Waals surface area contributed by atoms with E-state index in [1.165, 1.54) is 0 Å². The Balaban J connectivity index is 2.42. The fraction of sp³-hybridized carbons (Fsp3) is 1.00. The van der Waals surface area contributed by atoms with Gasteiger partial charge in [-0.2, -0.15) is 0 Å². The largest absolute Gasteiger partial charge is 0.379 e. The van der Waals surface area contributed by atoms with E-state index in [0.717, 1.165) is 19.4 Å². The molecule has 108 valence electrons. The van der Waals surface area contributed by atoms with Gasteiger partial charge in [-0.25, -0.2) is 0 Å². The van der Waals surface area contributed by atoms with Gasteiger partial charge in [-0.3, -0.25) is 0 Å². The second kappa shape index (κ2) is 7.43. The summed E-state index contributed by atoms with van der Waals surface area (Å²) in [6.07, 6.45) is 1.78. The van der Waals surface area contributed by atoms with Gasteiger partial charge in [0.15, 0.2) is 0 Å². The molecule has 1 heterocycles. The fourth-order valence-corrected chi connectivity index (χ4v) is 1.73. The maximum atomic E-state index is 5.92. The van der Waals surface area contributed by atoms with Gasteiger partial charge < -0.3 is 18.9 Å². The molecule has 0 saturated carbocycles. The average Bonchev–Trinajstić information content (AvgIpc) is 2.25. The zero-order chi connectivity index (χ0) is 13.5. The first-order valence-electron chi connectivity index (χ1n) is 6.85. The Morgan fingerprint density at radius 3 is 1.67 bits per heavy atom. The molecule has 4 heteroatoms. The van der Waals surface area contributed by atoms with Crippen LogP contribution in [0.25, 0.3) is 0 Å². The first-order valence-corrected chi connectivity index (χ1v) is 6.85. The highest BCUT2D eigenvalue weighted by atomic mass is 16.6. The Morgan fingerprint density at radius 1 is 0.556 bits per heavy atom. The van der Waals surface area contributed by atoms with Crippen molar-refractivity contribution in [3.8, 4) is 0 Å². The lowest BCUT2D eigenvalue weighted by Gasteiger charge is -2.30. The predicted octanol–water partition coefficient (Wildman–Crippen LogP) is 2.40. The number of ether oxygens (including phenoxy) is 4. The van der Waals surface area contributed by atoms with Crippen LogP contribution in [0.5, 0.6) is 0 Å². The van der Waals surface area contributed by atoms with Crippen LogP contribution in [-0.4, -0.2) is 50.8 Å². The Hall–Kier alpha value is -0.160. The van der Waals surface area contributed by atoms with E-state index in [2.05, 4.69) is 27.7 Å². The molecule has 1 saturated heterocycles. The molecule has 1 rings (SSSR count). The van der Waals surface area contributed by atoms with Gasteiger partial charge in [0, 0.05) is 6.61 Å². The summed E-state index contributed by atoms with van der Waals surface area (Å²) in [5.41, 5.74) is -0.291. The number of rotatable bonds is 0. The zero-order valence-corrected chi connectivity index (χ0v) is 12.3. The van der Waals surface area contributed by atoms with E-state index < -0.39 is 0 Å². The quantitative estimate of drug-likeness (QED) is 0.670. The second-order valence-electron chi connectivity index (χ2n) is 5.94. The Bertz CT molecular complexity index is 204. The molecule has 0 N–H and O–H groups in total. The lowest BCUT2D eigenvalue weighted by molar-refractivity contribution is -0.0980. The van der Waals surface area contributed by atoms with Gasteiger partial charge in [0.05, 0.1) is 44.2 Å². The maximum absolute atomic E-state index is 5.92. The topological polar surface area (TPSA) is 36.9 Å². The Kier molecular flexibility index (Phi) is 6.57. The van der Waals surface area contributed by atoms with Crippen molar-refractivity contribution in [2.75, 3.05) is 39.6 Å². The van der Waals surface area contributed by atoms with E-state index in [0.29, 0.717) is 33.0 Å². The van der Waals surface area contributed by atoms with E-state index in [1.807, 2.05) is 0 Å². The van der Waals surface area contributed by atoms with Crippen LogP contribution >= 0.6 is 0 Å². The molecular weight excluding hydrogens is 232 g/mol. The summed E-state index contributed by atoms with van der Waals surface area (Å²) in [7, 11) is 0. The monoisotopic (exact) mass is 260 g/mol. The highest BCUT2D eigenvalue weighted by molar-refractivity contribution is 4.72. The second-order valence-corrected chi connectivity index (χ2v) is 5.94. The summed E-state index contributed by atoms with van der Waals surface area (Å²) >= 11 is 0. The molecule has 1 aliphatic heterocycles. The molecule has 0 unspecified atom stereocenters. The Labute approximate surface area is 111 Å². The molecule has 4 nitrogen and oxygen atoms in total. The van der Waals surface area contributed by atoms with Crippen molar-refractivity contribution in [3.63, 3.8) is 0 Å². The third-order valence-corrected chi connectivity index (χ3v) is 3.14. The van der Waals surface area contributed by atoms with Gasteiger partial charge >= 0.3 is 0 Å². The van der Waals surface area contributed by atoms with Crippen molar-refractivity contribution < 1.29 is 18.9 Å². The van der Waals surface area contributed by atoms with Crippen LogP contribution in [0.15, 0.2) is 0 Å². The maximum Gasteiger partial charge on any atom is 0.0707 e. The van der Waals surface area contributed by atoms with Gasteiger partial charge in [0.1, 0.15) is 0 Å². The predicted molar refractivity (Wildman–Crippen MR) is 70.9 cm³/mol. The van der Waals surface area contributed by atoms with Gasteiger partial charge in [0.25, 0.3) is 0 Å². The zero-order valence-electron chi connectivity index (χ0n) is 12.3. The first kappa shape index (κ1) is 15.9. The van der Waals surface area contributed by atoms with Crippen molar-refractivity contribution in [3.05, 3.63) is 0 Å². The third-order valence-electron chi connectivity index (χ3n) is 3.14. The molecular formula is C14H28O4. The van der Waals surface area contributed by atoms with Crippen LogP contribution in [-0.2, 0) is 18.9 Å². The van der Waals surface area contributed by atoms with Crippen molar-refractivity contribution in [1.29, 1.82) is 0 Å². The molecule has 0 aromatic rings. The SMILES string of the molecule is CC1(C)CCOCCOCCOC(C)(C)CCO1. The van der Waals surface area contributed by atoms with Crippen LogP contribution in [0.1, 0.15) is 40.5 Å². The van der Waals surface area contributed by atoms with E-state index in [-0.39, 0.29) is 11.2 Å². The van der Waals surface area contributed by atoms with E-state index in [4.69, 9.17) is 18.9 Å². The van der Waals surface area contributed by atoms with Crippen LogP contribution in [0, 0.1) is 0 Å². The van der Waals surface area contributed by atoms with Gasteiger partial charge in [-0.05, 0) is 40.5 Å². The fourth-order valence-electron chi connectivity index (χ4n) is 1.73. The lowest BCUT2D eigenvalue weighted by atomic mass is 10.0. The molecule has 0 aliphatic carbocycles. The number of hydrogen-bond donors (Lipinski definition) is 0. The van der Waals surface area contributed by atoms with Crippen molar-refractivity contribution in [1.82, 2.24) is 0 Å². The average molecular weight is 260 g/mol. The van der Waals surface area contributed by atoms with Gasteiger partial charge in [-0.15, -0.1) is 0 Å². The number of hydrogen-bond acceptors (Lipinski definition) is 4. The molecule has 0 aromatic heterocycles. The summed E-state index contributed by atoms with van der Waals surface area (Å²) in [6.45, 7) is 12.3. The van der Waals surface area contributed by atoms with Crippen molar-refractivity contribution in [2.45, 2.75) is 51.7 Å². The smallest absolute Gasteiger partial charge is 0.0707 e. The Morgan fingerprint density at radius 2 is 1.00 bits per heavy atom. The summed E-state index contributed by atoms with van der Waals surface area (Å²) in [6, 6.07) is 0. The minimum atomic E-state index is -0.153. The summed E-state index contributed by atoms with van der Waals surface area (Å²) in [4.78, 5) is 0. The highest BCUT2D eigenvalue weighted by Gasteiger charge is 2.22. The lowest BCUT2D eigenvalue weighted by Crippen LogP contribution is -2.33. The van der Waals surface area contributed by atoms with Gasteiger partial charge in [-0.1, -0.05) is 0 Å². The first-order chi connectivity index (χ1) is 8.41.